The molecule has 0 aromatic rings. The van der Waals surface area contributed by atoms with Crippen LogP contribution in [0, 0.1) is 0 Å². The van der Waals surface area contributed by atoms with Crippen LogP contribution in [0.1, 0.15) is 26.7 Å². The SMILES string of the molecule is CC(C)N1CCOC2(CCCNC2)C1=O. The van der Waals surface area contributed by atoms with Gasteiger partial charge in [0.1, 0.15) is 0 Å². The molecule has 2 fully saturated rings. The van der Waals surface area contributed by atoms with E-state index in [1.165, 1.54) is 0 Å². The van der Waals surface area contributed by atoms with Crippen molar-refractivity contribution in [2.45, 2.75) is 38.3 Å². The quantitative estimate of drug-likeness (QED) is 0.683. The summed E-state index contributed by atoms with van der Waals surface area (Å²) < 4.78 is 5.75. The van der Waals surface area contributed by atoms with Crippen molar-refractivity contribution in [1.29, 1.82) is 0 Å². The predicted molar refractivity (Wildman–Crippen MR) is 57.6 cm³/mol. The van der Waals surface area contributed by atoms with E-state index in [1.54, 1.807) is 0 Å². The maximum atomic E-state index is 12.3. The Balaban J connectivity index is 2.14. The lowest BCUT2D eigenvalue weighted by molar-refractivity contribution is -0.177. The van der Waals surface area contributed by atoms with Crippen LogP contribution in [0.4, 0.5) is 0 Å². The minimum absolute atomic E-state index is 0.177. The zero-order chi connectivity index (χ0) is 10.9. The third kappa shape index (κ3) is 1.88. The highest BCUT2D eigenvalue weighted by Gasteiger charge is 2.46. The van der Waals surface area contributed by atoms with Crippen LogP contribution in [0.15, 0.2) is 0 Å². The highest BCUT2D eigenvalue weighted by Crippen LogP contribution is 2.27. The molecule has 2 heterocycles. The van der Waals surface area contributed by atoms with Gasteiger partial charge in [-0.1, -0.05) is 0 Å². The largest absolute Gasteiger partial charge is 0.362 e. The molecule has 2 saturated heterocycles. The van der Waals surface area contributed by atoms with E-state index in [2.05, 4.69) is 19.2 Å². The molecule has 0 bridgehead atoms. The number of rotatable bonds is 1. The summed E-state index contributed by atoms with van der Waals surface area (Å²) in [7, 11) is 0. The van der Waals surface area contributed by atoms with Gasteiger partial charge >= 0.3 is 0 Å². The van der Waals surface area contributed by atoms with Crippen molar-refractivity contribution >= 4 is 5.91 Å². The maximum Gasteiger partial charge on any atom is 0.256 e. The van der Waals surface area contributed by atoms with Crippen molar-refractivity contribution in [3.05, 3.63) is 0 Å². The highest BCUT2D eigenvalue weighted by molar-refractivity contribution is 5.86. The summed E-state index contributed by atoms with van der Waals surface area (Å²) in [6.07, 6.45) is 1.89. The van der Waals surface area contributed by atoms with Crippen LogP contribution in [0.5, 0.6) is 0 Å². The van der Waals surface area contributed by atoms with Gasteiger partial charge in [-0.3, -0.25) is 4.79 Å². The first-order valence-electron chi connectivity index (χ1n) is 5.81. The lowest BCUT2D eigenvalue weighted by Crippen LogP contribution is -2.63. The van der Waals surface area contributed by atoms with Crippen molar-refractivity contribution < 1.29 is 9.53 Å². The minimum Gasteiger partial charge on any atom is -0.362 e. The molecule has 2 rings (SSSR count). The first-order chi connectivity index (χ1) is 7.16. The van der Waals surface area contributed by atoms with Crippen LogP contribution in [0.25, 0.3) is 0 Å². The molecule has 2 aliphatic rings. The topological polar surface area (TPSA) is 41.6 Å². The van der Waals surface area contributed by atoms with Crippen LogP contribution in [0.3, 0.4) is 0 Å². The number of nitrogens with one attached hydrogen (secondary N) is 1. The van der Waals surface area contributed by atoms with Crippen LogP contribution in [-0.2, 0) is 9.53 Å². The Morgan fingerprint density at radius 1 is 1.53 bits per heavy atom. The molecular weight excluding hydrogens is 192 g/mol. The molecule has 0 aromatic carbocycles. The Hall–Kier alpha value is -0.610. The molecule has 1 spiro atoms. The summed E-state index contributed by atoms with van der Waals surface area (Å²) in [4.78, 5) is 14.2. The summed E-state index contributed by atoms with van der Waals surface area (Å²) in [5, 5.41) is 3.26. The molecule has 86 valence electrons. The number of hydrogen-bond donors (Lipinski definition) is 1. The first-order valence-corrected chi connectivity index (χ1v) is 5.81. The predicted octanol–water partition coefficient (Wildman–Crippen LogP) is 0.376. The molecule has 1 atom stereocenters. The van der Waals surface area contributed by atoms with E-state index in [1.807, 2.05) is 4.90 Å². The van der Waals surface area contributed by atoms with Crippen LogP contribution < -0.4 is 5.32 Å². The molecule has 1 amide bonds. The Morgan fingerprint density at radius 2 is 2.33 bits per heavy atom. The van der Waals surface area contributed by atoms with Crippen molar-refractivity contribution in [2.75, 3.05) is 26.2 Å². The highest BCUT2D eigenvalue weighted by atomic mass is 16.5. The number of ether oxygens (including phenoxy) is 1. The van der Waals surface area contributed by atoms with Gasteiger partial charge in [0.15, 0.2) is 5.60 Å². The van der Waals surface area contributed by atoms with E-state index in [4.69, 9.17) is 4.74 Å². The Kier molecular flexibility index (Phi) is 2.98. The van der Waals surface area contributed by atoms with Gasteiger partial charge in [0.25, 0.3) is 5.91 Å². The zero-order valence-corrected chi connectivity index (χ0v) is 9.58. The average Bonchev–Trinajstić information content (AvgIpc) is 2.23. The Bertz CT molecular complexity index is 241. The lowest BCUT2D eigenvalue weighted by Gasteiger charge is -2.45. The number of hydrogen-bond acceptors (Lipinski definition) is 3. The molecular formula is C11H20N2O2. The molecule has 0 radical (unpaired) electrons. The third-order valence-electron chi connectivity index (χ3n) is 3.33. The Morgan fingerprint density at radius 3 is 2.93 bits per heavy atom. The van der Waals surface area contributed by atoms with Crippen molar-refractivity contribution in [3.63, 3.8) is 0 Å². The van der Waals surface area contributed by atoms with Crippen molar-refractivity contribution in [3.8, 4) is 0 Å². The minimum atomic E-state index is -0.555. The number of nitrogens with zero attached hydrogens (tertiary/aromatic N) is 1. The van der Waals surface area contributed by atoms with Crippen LogP contribution in [-0.4, -0.2) is 48.7 Å². The summed E-state index contributed by atoms with van der Waals surface area (Å²) in [5.41, 5.74) is -0.555. The fraction of sp³-hybridized carbons (Fsp3) is 0.909. The lowest BCUT2D eigenvalue weighted by atomic mass is 9.90. The van der Waals surface area contributed by atoms with Crippen LogP contribution in [0.2, 0.25) is 0 Å². The molecule has 4 heteroatoms. The molecule has 0 aliphatic carbocycles. The third-order valence-corrected chi connectivity index (χ3v) is 3.33. The standard InChI is InChI=1S/C11H20N2O2/c1-9(2)13-6-7-15-11(10(13)14)4-3-5-12-8-11/h9,12H,3-8H2,1-2H3. The number of amides is 1. The van der Waals surface area contributed by atoms with Gasteiger partial charge in [0.05, 0.1) is 6.61 Å². The van der Waals surface area contributed by atoms with E-state index < -0.39 is 5.60 Å². The summed E-state index contributed by atoms with van der Waals surface area (Å²) >= 11 is 0. The zero-order valence-electron chi connectivity index (χ0n) is 9.58. The van der Waals surface area contributed by atoms with Gasteiger partial charge < -0.3 is 15.0 Å². The van der Waals surface area contributed by atoms with Crippen LogP contribution >= 0.6 is 0 Å². The van der Waals surface area contributed by atoms with Gasteiger partial charge in [-0.2, -0.15) is 0 Å². The number of carbonyl (C=O) groups is 1. The molecule has 1 unspecified atom stereocenters. The number of carbonyl (C=O) groups excluding carboxylic acids is 1. The second-order valence-electron chi connectivity index (χ2n) is 4.72. The maximum absolute atomic E-state index is 12.3. The van der Waals surface area contributed by atoms with Crippen molar-refractivity contribution in [1.82, 2.24) is 10.2 Å². The molecule has 1 N–H and O–H groups in total. The van der Waals surface area contributed by atoms with Gasteiger partial charge in [0, 0.05) is 19.1 Å². The van der Waals surface area contributed by atoms with Gasteiger partial charge in [-0.05, 0) is 33.2 Å². The van der Waals surface area contributed by atoms with E-state index in [9.17, 15) is 4.79 Å². The normalized spacial score (nSPS) is 32.7. The molecule has 2 aliphatic heterocycles. The Labute approximate surface area is 91.0 Å². The van der Waals surface area contributed by atoms with Crippen molar-refractivity contribution in [2.24, 2.45) is 0 Å². The van der Waals surface area contributed by atoms with E-state index in [-0.39, 0.29) is 11.9 Å². The molecule has 15 heavy (non-hydrogen) atoms. The molecule has 0 saturated carbocycles. The smallest absolute Gasteiger partial charge is 0.256 e. The van der Waals surface area contributed by atoms with Gasteiger partial charge in [-0.15, -0.1) is 0 Å². The number of morpholine rings is 1. The monoisotopic (exact) mass is 212 g/mol. The van der Waals surface area contributed by atoms with E-state index in [0.717, 1.165) is 25.9 Å². The second kappa shape index (κ2) is 4.10. The summed E-state index contributed by atoms with van der Waals surface area (Å²) in [6.45, 7) is 7.21. The van der Waals surface area contributed by atoms with Gasteiger partial charge in [0.2, 0.25) is 0 Å². The van der Waals surface area contributed by atoms with E-state index >= 15 is 0 Å². The fourth-order valence-electron chi connectivity index (χ4n) is 2.44. The molecule has 4 nitrogen and oxygen atoms in total. The fourth-order valence-corrected chi connectivity index (χ4v) is 2.44. The summed E-state index contributed by atoms with van der Waals surface area (Å²) in [6, 6.07) is 0.278. The van der Waals surface area contributed by atoms with Gasteiger partial charge in [-0.25, -0.2) is 0 Å². The second-order valence-corrected chi connectivity index (χ2v) is 4.72. The van der Waals surface area contributed by atoms with E-state index in [0.29, 0.717) is 13.2 Å². The summed E-state index contributed by atoms with van der Waals surface area (Å²) in [5.74, 6) is 0.177. The average molecular weight is 212 g/mol. The number of piperidine rings is 1. The first kappa shape index (κ1) is 10.9. The molecule has 0 aromatic heterocycles.